The van der Waals surface area contributed by atoms with E-state index in [-0.39, 0.29) is 0 Å². The highest BCUT2D eigenvalue weighted by atomic mass is 31.2. The number of benzene rings is 8. The zero-order valence-corrected chi connectivity index (χ0v) is 32.9. The highest BCUT2D eigenvalue weighted by Crippen LogP contribution is 2.59. The van der Waals surface area contributed by atoms with E-state index in [2.05, 4.69) is 247 Å². The lowest BCUT2D eigenvalue weighted by molar-refractivity contribution is 1.34. The third kappa shape index (κ3) is 7.66. The van der Waals surface area contributed by atoms with Crippen LogP contribution in [0.15, 0.2) is 231 Å². The van der Waals surface area contributed by atoms with Crippen molar-refractivity contribution < 1.29 is 0 Å². The molecule has 8 aromatic rings. The Morgan fingerprint density at radius 2 is 0.500 bits per heavy atom. The molecule has 0 aliphatic rings. The van der Waals surface area contributed by atoms with Crippen molar-refractivity contribution in [3.05, 3.63) is 231 Å². The van der Waals surface area contributed by atoms with Crippen molar-refractivity contribution in [2.24, 2.45) is 0 Å². The molecule has 5 heteroatoms. The Morgan fingerprint density at radius 1 is 0.259 bits per heavy atom. The number of anilines is 2. The van der Waals surface area contributed by atoms with Crippen molar-refractivity contribution in [3.8, 4) is 11.1 Å². The molecule has 54 heavy (non-hydrogen) atoms. The van der Waals surface area contributed by atoms with E-state index >= 15 is 0 Å². The Hall–Kier alpha value is -5.35. The van der Waals surface area contributed by atoms with Crippen LogP contribution in [0.1, 0.15) is 0 Å². The van der Waals surface area contributed by atoms with Gasteiger partial charge in [0.2, 0.25) is 0 Å². The Bertz CT molecular complexity index is 2160. The van der Waals surface area contributed by atoms with Gasteiger partial charge in [-0.05, 0) is 12.1 Å². The number of hydrogen-bond donors (Lipinski definition) is 0. The molecule has 262 valence electrons. The van der Waals surface area contributed by atoms with Crippen molar-refractivity contribution >= 4 is 67.4 Å². The number of rotatable bonds is 12. The van der Waals surface area contributed by atoms with Gasteiger partial charge >= 0.3 is 0 Å². The van der Waals surface area contributed by atoms with Crippen LogP contribution in [0.5, 0.6) is 0 Å². The molecule has 0 unspecified atom stereocenters. The van der Waals surface area contributed by atoms with Crippen LogP contribution in [0.4, 0.5) is 11.4 Å². The molecule has 0 radical (unpaired) electrons. The molecule has 0 spiro atoms. The second kappa shape index (κ2) is 17.2. The molecular formula is C49H41N2P3. The molecule has 0 aliphatic carbocycles. The summed E-state index contributed by atoms with van der Waals surface area (Å²) >= 11 is 0. The van der Waals surface area contributed by atoms with Crippen LogP contribution in [0.3, 0.4) is 0 Å². The average molecular weight is 751 g/mol. The maximum absolute atomic E-state index is 2.79. The molecule has 0 saturated heterocycles. The van der Waals surface area contributed by atoms with E-state index in [9.17, 15) is 0 Å². The summed E-state index contributed by atoms with van der Waals surface area (Å²) in [5.74, 6) is 0. The predicted octanol–water partition coefficient (Wildman–Crippen LogP) is 10.7. The Kier molecular flexibility index (Phi) is 11.4. The highest BCUT2D eigenvalue weighted by Gasteiger charge is 2.34. The largest absolute Gasteiger partial charge is 0.346 e. The Morgan fingerprint density at radius 3 is 0.833 bits per heavy atom. The summed E-state index contributed by atoms with van der Waals surface area (Å²) in [6.07, 6.45) is 0. The number of nitrogens with zero attached hydrogens (tertiary/aromatic N) is 2. The van der Waals surface area contributed by atoms with Crippen LogP contribution in [0.25, 0.3) is 11.1 Å². The summed E-state index contributed by atoms with van der Waals surface area (Å²) in [6, 6.07) is 84.5. The summed E-state index contributed by atoms with van der Waals surface area (Å²) in [6.45, 7) is 0. The summed E-state index contributed by atoms with van der Waals surface area (Å²) in [7, 11) is -0.673. The van der Waals surface area contributed by atoms with Crippen molar-refractivity contribution in [2.45, 2.75) is 0 Å². The fourth-order valence-corrected chi connectivity index (χ4v) is 15.2. The van der Waals surface area contributed by atoms with Gasteiger partial charge in [0.25, 0.3) is 0 Å². The van der Waals surface area contributed by atoms with Gasteiger partial charge in [0.05, 0.1) is 29.9 Å². The Labute approximate surface area is 323 Å². The quantitative estimate of drug-likeness (QED) is 0.115. The molecule has 0 bridgehead atoms. The first kappa shape index (κ1) is 35.7. The summed E-state index contributed by atoms with van der Waals surface area (Å²) in [5.41, 5.74) is 4.86. The number of hydrogen-bond acceptors (Lipinski definition) is 2. The molecule has 0 aromatic heterocycles. The lowest BCUT2D eigenvalue weighted by Crippen LogP contribution is -2.32. The highest BCUT2D eigenvalue weighted by molar-refractivity contribution is 7.90. The smallest absolute Gasteiger partial charge is 0.0590 e. The monoisotopic (exact) mass is 750 g/mol. The van der Waals surface area contributed by atoms with Gasteiger partial charge in [0.15, 0.2) is 0 Å². The first-order chi connectivity index (χ1) is 26.8. The van der Waals surface area contributed by atoms with Gasteiger partial charge in [-0.3, -0.25) is 0 Å². The van der Waals surface area contributed by atoms with Crippen molar-refractivity contribution in [1.82, 2.24) is 0 Å². The third-order valence-corrected chi connectivity index (χ3v) is 17.1. The van der Waals surface area contributed by atoms with Crippen molar-refractivity contribution in [3.63, 3.8) is 0 Å². The first-order valence-electron chi connectivity index (χ1n) is 18.2. The molecule has 0 saturated carbocycles. The molecule has 2 nitrogen and oxygen atoms in total. The molecule has 0 fully saturated rings. The molecule has 8 aromatic carbocycles. The SMILES string of the molecule is CN(c1ccccc1-c1ccccc1N(P(c1ccccc1)c1ccccc1)P(c1ccccc1)c1ccccc1)P(c1ccccc1)c1ccccc1. The minimum atomic E-state index is -1.04. The van der Waals surface area contributed by atoms with E-state index in [1.54, 1.807) is 0 Å². The van der Waals surface area contributed by atoms with Gasteiger partial charge in [0.1, 0.15) is 0 Å². The molecular weight excluding hydrogens is 709 g/mol. The van der Waals surface area contributed by atoms with E-state index in [1.165, 1.54) is 54.3 Å². The van der Waals surface area contributed by atoms with Crippen molar-refractivity contribution in [2.75, 3.05) is 16.2 Å². The summed E-state index contributed by atoms with van der Waals surface area (Å²) in [4.78, 5) is 0. The van der Waals surface area contributed by atoms with Gasteiger partial charge in [-0.2, -0.15) is 0 Å². The van der Waals surface area contributed by atoms with E-state index in [4.69, 9.17) is 0 Å². The minimum absolute atomic E-state index is 0.862. The molecule has 0 atom stereocenters. The van der Waals surface area contributed by atoms with Crippen LogP contribution in [-0.2, 0) is 0 Å². The molecule has 0 N–H and O–H groups in total. The number of para-hydroxylation sites is 2. The predicted molar refractivity (Wildman–Crippen MR) is 240 cm³/mol. The first-order valence-corrected chi connectivity index (χ1v) is 22.1. The normalized spacial score (nSPS) is 11.2. The topological polar surface area (TPSA) is 6.48 Å². The maximum Gasteiger partial charge on any atom is 0.0590 e. The second-order valence-corrected chi connectivity index (χ2v) is 19.5. The van der Waals surface area contributed by atoms with Crippen LogP contribution in [0, 0.1) is 0 Å². The Balaban J connectivity index is 1.38. The van der Waals surface area contributed by atoms with E-state index in [0.717, 1.165) is 0 Å². The van der Waals surface area contributed by atoms with Gasteiger partial charge in [-0.1, -0.05) is 218 Å². The molecule has 0 amide bonds. The molecule has 8 rings (SSSR count). The molecule has 0 heterocycles. The standard InChI is InChI=1S/C49H41N2P3/c1-50(52(40-24-8-2-9-25-40)41-26-10-3-11-27-41)48-38-22-20-36-46(48)47-37-21-23-39-49(47)51(53(42-28-12-4-13-29-42)43-30-14-5-15-31-43)54(44-32-16-6-17-33-44)45-34-18-7-19-35-45/h2-39H,1H3. The fourth-order valence-electron chi connectivity index (χ4n) is 6.92. The second-order valence-electron chi connectivity index (χ2n) is 12.8. The van der Waals surface area contributed by atoms with E-state index in [0.29, 0.717) is 0 Å². The van der Waals surface area contributed by atoms with Gasteiger partial charge in [-0.15, -0.1) is 0 Å². The lowest BCUT2D eigenvalue weighted by Gasteiger charge is -2.42. The average Bonchev–Trinajstić information content (AvgIpc) is 3.26. The van der Waals surface area contributed by atoms with E-state index in [1.807, 2.05) is 0 Å². The zero-order valence-electron chi connectivity index (χ0n) is 30.2. The van der Waals surface area contributed by atoms with Crippen LogP contribution in [0.2, 0.25) is 0 Å². The van der Waals surface area contributed by atoms with Gasteiger partial charge < -0.3 is 9.11 Å². The van der Waals surface area contributed by atoms with Crippen molar-refractivity contribution in [1.29, 1.82) is 0 Å². The molecule has 0 aliphatic heterocycles. The van der Waals surface area contributed by atoms with Crippen LogP contribution < -0.4 is 40.9 Å². The zero-order chi connectivity index (χ0) is 36.5. The fraction of sp³-hybridized carbons (Fsp3) is 0.0204. The van der Waals surface area contributed by atoms with Gasteiger partial charge in [0, 0.05) is 55.7 Å². The minimum Gasteiger partial charge on any atom is -0.346 e. The lowest BCUT2D eigenvalue weighted by atomic mass is 10.0. The van der Waals surface area contributed by atoms with Gasteiger partial charge in [-0.25, -0.2) is 0 Å². The van der Waals surface area contributed by atoms with E-state index < -0.39 is 24.2 Å². The summed E-state index contributed by atoms with van der Waals surface area (Å²) < 4.78 is 5.31. The van der Waals surface area contributed by atoms with Crippen LogP contribution >= 0.6 is 24.2 Å². The van der Waals surface area contributed by atoms with Crippen LogP contribution in [-0.4, -0.2) is 7.05 Å². The maximum atomic E-state index is 2.79. The summed E-state index contributed by atoms with van der Waals surface area (Å²) in [5, 5.41) is 7.90. The third-order valence-electron chi connectivity index (χ3n) is 9.35.